The third kappa shape index (κ3) is 3.31. The summed E-state index contributed by atoms with van der Waals surface area (Å²) in [5, 5.41) is 0. The van der Waals surface area contributed by atoms with E-state index in [0.29, 0.717) is 23.6 Å². The van der Waals surface area contributed by atoms with E-state index in [1.54, 1.807) is 6.07 Å². The van der Waals surface area contributed by atoms with Crippen molar-refractivity contribution in [3.63, 3.8) is 0 Å². The maximum absolute atomic E-state index is 12.8. The minimum absolute atomic E-state index is 0. The Morgan fingerprint density at radius 3 is 2.09 bits per heavy atom. The van der Waals surface area contributed by atoms with Crippen molar-refractivity contribution < 1.29 is 13.2 Å². The first kappa shape index (κ1) is 16.9. The number of nitrogens with one attached hydrogen (secondary N) is 2. The van der Waals surface area contributed by atoms with Gasteiger partial charge in [0.1, 0.15) is 0 Å². The Morgan fingerprint density at radius 1 is 0.913 bits per heavy atom. The van der Waals surface area contributed by atoms with Gasteiger partial charge in [0.25, 0.3) is 0 Å². The zero-order valence-electron chi connectivity index (χ0n) is 12.8. The van der Waals surface area contributed by atoms with Gasteiger partial charge in [-0.1, -0.05) is 6.07 Å². The predicted octanol–water partition coefficient (Wildman–Crippen LogP) is 4.87. The van der Waals surface area contributed by atoms with Crippen molar-refractivity contribution in [1.29, 1.82) is 0 Å². The molecule has 0 heterocycles. The lowest BCUT2D eigenvalue weighted by molar-refractivity contribution is -0.137. The van der Waals surface area contributed by atoms with Crippen molar-refractivity contribution in [2.75, 3.05) is 5.43 Å². The zero-order chi connectivity index (χ0) is 15.3. The number of benzene rings is 1. The Bertz CT molecular complexity index is 533. The number of hydrogen-bond acceptors (Lipinski definition) is 2. The van der Waals surface area contributed by atoms with E-state index in [1.165, 1.54) is 44.2 Å². The maximum Gasteiger partial charge on any atom is 0.416 e. The van der Waals surface area contributed by atoms with Crippen LogP contribution in [-0.4, -0.2) is 6.04 Å². The number of halogens is 4. The van der Waals surface area contributed by atoms with Crippen LogP contribution >= 0.6 is 12.4 Å². The lowest BCUT2D eigenvalue weighted by Crippen LogP contribution is -2.55. The number of alkyl halides is 3. The zero-order valence-corrected chi connectivity index (χ0v) is 13.6. The van der Waals surface area contributed by atoms with E-state index in [0.717, 1.165) is 17.9 Å². The lowest BCUT2D eigenvalue weighted by Gasteiger charge is -2.54. The molecule has 4 bridgehead atoms. The molecule has 0 radical (unpaired) electrons. The second-order valence-corrected chi connectivity index (χ2v) is 7.30. The molecular formula is C17H22ClF3N2. The first-order valence-electron chi connectivity index (χ1n) is 8.18. The molecule has 6 heteroatoms. The standard InChI is InChI=1S/C17H21F3N2.ClH/c18-17(19,20)14-2-1-3-15(9-14)21-22-16-12-5-10-4-11(7-12)8-13(16)6-10;/h1-3,9-13,16,21-22H,4-8H2;1H. The normalized spacial score (nSPS) is 35.0. The highest BCUT2D eigenvalue weighted by atomic mass is 35.5. The van der Waals surface area contributed by atoms with E-state index in [9.17, 15) is 13.2 Å². The van der Waals surface area contributed by atoms with Gasteiger partial charge in [-0.15, -0.1) is 12.4 Å². The molecule has 128 valence electrons. The summed E-state index contributed by atoms with van der Waals surface area (Å²) in [6.45, 7) is 0. The molecule has 1 aromatic carbocycles. The first-order valence-corrected chi connectivity index (χ1v) is 8.18. The molecule has 4 saturated carbocycles. The van der Waals surface area contributed by atoms with E-state index < -0.39 is 11.7 Å². The second kappa shape index (κ2) is 6.17. The molecule has 0 amide bonds. The van der Waals surface area contributed by atoms with Gasteiger partial charge in [0.05, 0.1) is 5.56 Å². The van der Waals surface area contributed by atoms with Gasteiger partial charge in [-0.3, -0.25) is 0 Å². The molecule has 2 N–H and O–H groups in total. The highest BCUT2D eigenvalue weighted by Gasteiger charge is 2.48. The van der Waals surface area contributed by atoms with Gasteiger partial charge >= 0.3 is 6.18 Å². The third-order valence-corrected chi connectivity index (χ3v) is 5.80. The van der Waals surface area contributed by atoms with Crippen molar-refractivity contribution in [3.8, 4) is 0 Å². The Hall–Kier alpha value is -0.940. The van der Waals surface area contributed by atoms with Crippen LogP contribution in [-0.2, 0) is 6.18 Å². The van der Waals surface area contributed by atoms with Crippen LogP contribution in [0.1, 0.15) is 37.7 Å². The molecular weight excluding hydrogens is 325 g/mol. The van der Waals surface area contributed by atoms with Gasteiger partial charge in [-0.25, -0.2) is 5.43 Å². The maximum atomic E-state index is 12.8. The van der Waals surface area contributed by atoms with E-state index in [4.69, 9.17) is 0 Å². The van der Waals surface area contributed by atoms with Crippen molar-refractivity contribution in [2.45, 2.75) is 44.3 Å². The second-order valence-electron chi connectivity index (χ2n) is 7.30. The monoisotopic (exact) mass is 346 g/mol. The summed E-state index contributed by atoms with van der Waals surface area (Å²) >= 11 is 0. The van der Waals surface area contributed by atoms with Crippen LogP contribution in [0.2, 0.25) is 0 Å². The third-order valence-electron chi connectivity index (χ3n) is 5.80. The molecule has 23 heavy (non-hydrogen) atoms. The number of anilines is 1. The molecule has 0 atom stereocenters. The van der Waals surface area contributed by atoms with Crippen LogP contribution in [0.25, 0.3) is 0 Å². The average molecular weight is 347 g/mol. The largest absolute Gasteiger partial charge is 0.416 e. The smallest absolute Gasteiger partial charge is 0.321 e. The fraction of sp³-hybridized carbons (Fsp3) is 0.647. The van der Waals surface area contributed by atoms with Crippen LogP contribution in [0.3, 0.4) is 0 Å². The SMILES string of the molecule is Cl.FC(F)(F)c1cccc(NNC2C3CC4CC(C3)CC2C4)c1. The van der Waals surface area contributed by atoms with Crippen LogP contribution < -0.4 is 10.9 Å². The molecule has 4 aliphatic rings. The quantitative estimate of drug-likeness (QED) is 0.763. The molecule has 0 spiro atoms. The Labute approximate surface area is 140 Å². The van der Waals surface area contributed by atoms with Crippen molar-refractivity contribution in [3.05, 3.63) is 29.8 Å². The Balaban J connectivity index is 0.00000156. The molecule has 5 rings (SSSR count). The molecule has 2 nitrogen and oxygen atoms in total. The number of hydrogen-bond donors (Lipinski definition) is 2. The molecule has 0 saturated heterocycles. The molecule has 0 unspecified atom stereocenters. The first-order chi connectivity index (χ1) is 10.5. The van der Waals surface area contributed by atoms with Gasteiger partial charge in [0, 0.05) is 11.7 Å². The summed E-state index contributed by atoms with van der Waals surface area (Å²) < 4.78 is 38.3. The summed E-state index contributed by atoms with van der Waals surface area (Å²) in [7, 11) is 0. The Kier molecular flexibility index (Phi) is 4.53. The minimum atomic E-state index is -4.29. The molecule has 0 aromatic heterocycles. The number of rotatable bonds is 3. The van der Waals surface area contributed by atoms with Gasteiger partial charge in [-0.05, 0) is 74.0 Å². The van der Waals surface area contributed by atoms with Gasteiger partial charge in [0.15, 0.2) is 0 Å². The summed E-state index contributed by atoms with van der Waals surface area (Å²) in [4.78, 5) is 0. The fourth-order valence-electron chi connectivity index (χ4n) is 5.10. The van der Waals surface area contributed by atoms with E-state index in [-0.39, 0.29) is 12.4 Å². The molecule has 1 aromatic rings. The summed E-state index contributed by atoms with van der Waals surface area (Å²) in [5.41, 5.74) is 6.26. The fourth-order valence-corrected chi connectivity index (χ4v) is 5.10. The Morgan fingerprint density at radius 2 is 1.52 bits per heavy atom. The van der Waals surface area contributed by atoms with Crippen molar-refractivity contribution >= 4 is 18.1 Å². The van der Waals surface area contributed by atoms with Gasteiger partial charge in [0.2, 0.25) is 0 Å². The van der Waals surface area contributed by atoms with E-state index in [2.05, 4.69) is 10.9 Å². The van der Waals surface area contributed by atoms with E-state index >= 15 is 0 Å². The van der Waals surface area contributed by atoms with Crippen LogP contribution in [0.4, 0.5) is 18.9 Å². The van der Waals surface area contributed by atoms with Gasteiger partial charge < -0.3 is 5.43 Å². The average Bonchev–Trinajstić information content (AvgIpc) is 2.45. The predicted molar refractivity (Wildman–Crippen MR) is 86.3 cm³/mol. The van der Waals surface area contributed by atoms with Crippen molar-refractivity contribution in [2.24, 2.45) is 23.7 Å². The molecule has 4 fully saturated rings. The van der Waals surface area contributed by atoms with Crippen LogP contribution in [0.5, 0.6) is 0 Å². The highest BCUT2D eigenvalue weighted by molar-refractivity contribution is 5.85. The van der Waals surface area contributed by atoms with Crippen LogP contribution in [0, 0.1) is 23.7 Å². The number of hydrazine groups is 1. The molecule has 4 aliphatic carbocycles. The summed E-state index contributed by atoms with van der Waals surface area (Å²) in [5.74, 6) is 3.17. The van der Waals surface area contributed by atoms with Gasteiger partial charge in [-0.2, -0.15) is 13.2 Å². The minimum Gasteiger partial charge on any atom is -0.321 e. The van der Waals surface area contributed by atoms with E-state index in [1.807, 2.05) is 0 Å². The summed E-state index contributed by atoms with van der Waals surface area (Å²) in [6, 6.07) is 5.81. The highest BCUT2D eigenvalue weighted by Crippen LogP contribution is 2.53. The molecule has 0 aliphatic heterocycles. The lowest BCUT2D eigenvalue weighted by atomic mass is 9.54. The topological polar surface area (TPSA) is 24.1 Å². The summed E-state index contributed by atoms with van der Waals surface area (Å²) in [6.07, 6.45) is 2.26. The van der Waals surface area contributed by atoms with Crippen molar-refractivity contribution in [1.82, 2.24) is 5.43 Å². The van der Waals surface area contributed by atoms with Crippen LogP contribution in [0.15, 0.2) is 24.3 Å².